The topological polar surface area (TPSA) is 75.4 Å². The van der Waals surface area contributed by atoms with Crippen molar-refractivity contribution in [3.63, 3.8) is 0 Å². The van der Waals surface area contributed by atoms with Crippen LogP contribution in [0.2, 0.25) is 0 Å². The van der Waals surface area contributed by atoms with Crippen LogP contribution in [0.1, 0.15) is 28.9 Å². The molecule has 3 aliphatic rings. The Hall–Kier alpha value is -0.920. The summed E-state index contributed by atoms with van der Waals surface area (Å²) in [5, 5.41) is 2.87. The molecule has 2 bridgehead atoms. The molecule has 2 amide bonds. The Kier molecular flexibility index (Phi) is 3.83. The lowest BCUT2D eigenvalue weighted by molar-refractivity contribution is -0.125. The smallest absolute Gasteiger partial charge is 0.260 e. The van der Waals surface area contributed by atoms with Crippen LogP contribution in [-0.4, -0.2) is 35.8 Å². The maximum absolute atomic E-state index is 12.4. The van der Waals surface area contributed by atoms with Gasteiger partial charge in [0.1, 0.15) is 4.88 Å². The number of fused-ring (bicyclic) bond motifs is 3. The van der Waals surface area contributed by atoms with Crippen LogP contribution >= 0.6 is 27.3 Å². The fourth-order valence-corrected chi connectivity index (χ4v) is 4.50. The van der Waals surface area contributed by atoms with E-state index in [9.17, 15) is 9.59 Å². The Morgan fingerprint density at radius 2 is 2.10 bits per heavy atom. The molecule has 1 aromatic rings. The molecule has 7 heteroatoms. The highest BCUT2D eigenvalue weighted by atomic mass is 79.9. The maximum atomic E-state index is 12.4. The minimum Gasteiger partial charge on any atom is -0.365 e. The summed E-state index contributed by atoms with van der Waals surface area (Å²) in [4.78, 5) is 26.4. The van der Waals surface area contributed by atoms with Gasteiger partial charge in [0.25, 0.3) is 5.91 Å². The van der Waals surface area contributed by atoms with Gasteiger partial charge in [-0.25, -0.2) is 0 Å². The van der Waals surface area contributed by atoms with E-state index in [1.54, 1.807) is 6.07 Å². The highest BCUT2D eigenvalue weighted by molar-refractivity contribution is 9.11. The molecule has 0 aliphatic carbocycles. The van der Waals surface area contributed by atoms with Gasteiger partial charge in [-0.1, -0.05) is 0 Å². The monoisotopic (exact) mass is 357 g/mol. The zero-order valence-corrected chi connectivity index (χ0v) is 13.3. The third-order valence-corrected chi connectivity index (χ3v) is 5.79. The van der Waals surface area contributed by atoms with Crippen LogP contribution in [0.5, 0.6) is 0 Å². The first-order valence-electron chi connectivity index (χ1n) is 6.68. The van der Waals surface area contributed by atoms with Crippen LogP contribution in [0, 0.1) is 5.92 Å². The highest BCUT2D eigenvalue weighted by Crippen LogP contribution is 2.34. The van der Waals surface area contributed by atoms with Gasteiger partial charge < -0.3 is 11.1 Å². The first-order valence-corrected chi connectivity index (χ1v) is 8.29. The molecule has 0 saturated carbocycles. The summed E-state index contributed by atoms with van der Waals surface area (Å²) in [5.41, 5.74) is 5.85. The lowest BCUT2D eigenvalue weighted by Crippen LogP contribution is -2.53. The number of hydrogen-bond acceptors (Lipinski definition) is 4. The Labute approximate surface area is 129 Å². The lowest BCUT2D eigenvalue weighted by Gasteiger charge is -2.44. The van der Waals surface area contributed by atoms with E-state index in [1.807, 2.05) is 0 Å². The number of amides is 2. The fourth-order valence-electron chi connectivity index (χ4n) is 3.09. The molecule has 0 unspecified atom stereocenters. The Balaban J connectivity index is 1.75. The van der Waals surface area contributed by atoms with Crippen molar-refractivity contribution in [1.29, 1.82) is 0 Å². The second-order valence-corrected chi connectivity index (χ2v) is 7.81. The summed E-state index contributed by atoms with van der Waals surface area (Å²) >= 11 is 4.56. The fraction of sp³-hybridized carbons (Fsp3) is 0.538. The van der Waals surface area contributed by atoms with Gasteiger partial charge in [-0.3, -0.25) is 14.5 Å². The van der Waals surface area contributed by atoms with Crippen molar-refractivity contribution >= 4 is 44.8 Å². The van der Waals surface area contributed by atoms with Crippen molar-refractivity contribution in [3.05, 3.63) is 14.7 Å². The Morgan fingerprint density at radius 1 is 1.40 bits per heavy atom. The van der Waals surface area contributed by atoms with Crippen LogP contribution in [0.3, 0.4) is 0 Å². The average molecular weight is 358 g/mol. The van der Waals surface area contributed by atoms with Gasteiger partial charge in [-0.05, 0) is 60.3 Å². The Morgan fingerprint density at radius 3 is 2.65 bits per heavy atom. The number of hydrogen-bond donors (Lipinski definition) is 2. The second-order valence-electron chi connectivity index (χ2n) is 5.38. The molecule has 0 aromatic carbocycles. The third kappa shape index (κ3) is 2.62. The lowest BCUT2D eigenvalue weighted by atomic mass is 9.83. The molecular weight excluding hydrogens is 342 g/mol. The molecule has 1 aromatic heterocycles. The molecular formula is C13H16BrN3O2S. The zero-order chi connectivity index (χ0) is 14.3. The molecule has 3 N–H and O–H groups in total. The largest absolute Gasteiger partial charge is 0.365 e. The maximum Gasteiger partial charge on any atom is 0.260 e. The minimum atomic E-state index is -0.513. The summed E-state index contributed by atoms with van der Waals surface area (Å²) in [7, 11) is 0. The number of nitrogens with one attached hydrogen (secondary N) is 1. The minimum absolute atomic E-state index is 0.0257. The van der Waals surface area contributed by atoms with Crippen LogP contribution in [0.25, 0.3) is 0 Å². The van der Waals surface area contributed by atoms with Gasteiger partial charge in [-0.15, -0.1) is 11.3 Å². The average Bonchev–Trinajstić information content (AvgIpc) is 2.81. The van der Waals surface area contributed by atoms with Crippen molar-refractivity contribution in [2.75, 3.05) is 18.4 Å². The zero-order valence-electron chi connectivity index (χ0n) is 10.9. The Bertz CT molecular complexity index is 552. The quantitative estimate of drug-likeness (QED) is 0.868. The molecule has 3 saturated heterocycles. The molecule has 108 valence electrons. The van der Waals surface area contributed by atoms with Gasteiger partial charge in [0.2, 0.25) is 5.91 Å². The molecule has 3 fully saturated rings. The number of carbonyl (C=O) groups excluding carboxylic acids is 2. The molecule has 0 spiro atoms. The van der Waals surface area contributed by atoms with Crippen molar-refractivity contribution in [2.45, 2.75) is 25.3 Å². The van der Waals surface area contributed by atoms with E-state index in [2.05, 4.69) is 26.1 Å². The van der Waals surface area contributed by atoms with Crippen LogP contribution in [0.4, 0.5) is 5.69 Å². The van der Waals surface area contributed by atoms with E-state index < -0.39 is 5.91 Å². The second kappa shape index (κ2) is 5.46. The van der Waals surface area contributed by atoms with E-state index in [1.165, 1.54) is 24.2 Å². The van der Waals surface area contributed by atoms with Crippen molar-refractivity contribution in [2.24, 2.45) is 11.7 Å². The normalized spacial score (nSPS) is 28.4. The number of thiophene rings is 1. The number of primary amides is 1. The van der Waals surface area contributed by atoms with Gasteiger partial charge in [0, 0.05) is 0 Å². The molecule has 3 aliphatic heterocycles. The predicted molar refractivity (Wildman–Crippen MR) is 81.9 cm³/mol. The van der Waals surface area contributed by atoms with E-state index in [-0.39, 0.29) is 11.9 Å². The van der Waals surface area contributed by atoms with Crippen molar-refractivity contribution in [3.8, 4) is 0 Å². The van der Waals surface area contributed by atoms with E-state index >= 15 is 0 Å². The molecule has 20 heavy (non-hydrogen) atoms. The van der Waals surface area contributed by atoms with Crippen LogP contribution < -0.4 is 11.1 Å². The molecule has 4 heterocycles. The van der Waals surface area contributed by atoms with Crippen molar-refractivity contribution in [1.82, 2.24) is 4.90 Å². The molecule has 0 radical (unpaired) electrons. The summed E-state index contributed by atoms with van der Waals surface area (Å²) in [5.74, 6) is 0.129. The van der Waals surface area contributed by atoms with Crippen LogP contribution in [-0.2, 0) is 4.79 Å². The number of carbonyl (C=O) groups is 2. The number of nitrogens with two attached hydrogens (primary N) is 1. The molecule has 5 nitrogen and oxygen atoms in total. The number of rotatable bonds is 3. The van der Waals surface area contributed by atoms with E-state index in [0.29, 0.717) is 16.5 Å². The van der Waals surface area contributed by atoms with Gasteiger partial charge in [-0.2, -0.15) is 0 Å². The number of halogens is 1. The summed E-state index contributed by atoms with van der Waals surface area (Å²) in [6.07, 6.45) is 3.31. The van der Waals surface area contributed by atoms with E-state index in [0.717, 1.165) is 23.3 Å². The first-order chi connectivity index (χ1) is 9.54. The van der Waals surface area contributed by atoms with Gasteiger partial charge >= 0.3 is 0 Å². The summed E-state index contributed by atoms with van der Waals surface area (Å²) < 4.78 is 0.784. The number of nitrogens with zero attached hydrogens (tertiary/aromatic N) is 1. The van der Waals surface area contributed by atoms with Gasteiger partial charge in [0.05, 0.1) is 15.5 Å². The SMILES string of the molecule is NC(=O)c1sc(Br)cc1NC(=O)[C@@H]1CC2CCN1CC2. The number of piperidine rings is 3. The van der Waals surface area contributed by atoms with Crippen molar-refractivity contribution < 1.29 is 9.59 Å². The summed E-state index contributed by atoms with van der Waals surface area (Å²) in [6, 6.07) is 1.67. The van der Waals surface area contributed by atoms with E-state index in [4.69, 9.17) is 5.73 Å². The van der Waals surface area contributed by atoms with Crippen LogP contribution in [0.15, 0.2) is 9.85 Å². The van der Waals surface area contributed by atoms with Gasteiger partial charge in [0.15, 0.2) is 0 Å². The molecule has 1 atom stereocenters. The summed E-state index contributed by atoms with van der Waals surface area (Å²) in [6.45, 7) is 2.00. The predicted octanol–water partition coefficient (Wildman–Crippen LogP) is 2.03. The standard InChI is InChI=1S/C13H16BrN3O2S/c14-10-6-8(11(20-10)12(15)18)16-13(19)9-5-7-1-3-17(9)4-2-7/h6-7,9H,1-5H2,(H2,15,18)(H,16,19)/t9-/m0/s1. The first kappa shape index (κ1) is 14.0. The highest BCUT2D eigenvalue weighted by Gasteiger charge is 2.37. The molecule has 4 rings (SSSR count). The number of anilines is 1. The third-order valence-electron chi connectivity index (χ3n) is 4.13.